The summed E-state index contributed by atoms with van der Waals surface area (Å²) in [7, 11) is 0. The standard InChI is InChI=1S/C16H16FNO3S2/c1-3-9(2)13(15(20)21)18-14(19)12(23-16(18)22)8-10-5-4-6-11(17)7-10/h4-9,13H,3H2,1-2H3,(H,20,21)/b12-8-/t9-,13-/m0/s1. The lowest BCUT2D eigenvalue weighted by Gasteiger charge is -2.27. The minimum atomic E-state index is -1.08. The first kappa shape index (κ1) is 17.6. The summed E-state index contributed by atoms with van der Waals surface area (Å²) in [6.45, 7) is 3.63. The molecule has 1 amide bonds. The Morgan fingerprint density at radius 2 is 2.22 bits per heavy atom. The zero-order chi connectivity index (χ0) is 17.1. The van der Waals surface area contributed by atoms with Crippen molar-refractivity contribution >= 4 is 46.3 Å². The topological polar surface area (TPSA) is 57.6 Å². The number of hydrogen-bond donors (Lipinski definition) is 1. The molecule has 2 rings (SSSR count). The summed E-state index contributed by atoms with van der Waals surface area (Å²) in [4.78, 5) is 25.6. The van der Waals surface area contributed by atoms with Crippen LogP contribution < -0.4 is 0 Å². The maximum Gasteiger partial charge on any atom is 0.327 e. The van der Waals surface area contributed by atoms with E-state index in [2.05, 4.69) is 0 Å². The first-order valence-electron chi connectivity index (χ1n) is 7.10. The number of rotatable bonds is 5. The van der Waals surface area contributed by atoms with Gasteiger partial charge in [0.1, 0.15) is 16.2 Å². The Balaban J connectivity index is 2.34. The monoisotopic (exact) mass is 353 g/mol. The van der Waals surface area contributed by atoms with Gasteiger partial charge in [-0.25, -0.2) is 9.18 Å². The zero-order valence-corrected chi connectivity index (χ0v) is 14.3. The van der Waals surface area contributed by atoms with Crippen molar-refractivity contribution in [2.45, 2.75) is 26.3 Å². The molecule has 1 aliphatic heterocycles. The molecule has 1 aliphatic rings. The molecule has 0 bridgehead atoms. The van der Waals surface area contributed by atoms with E-state index in [4.69, 9.17) is 12.2 Å². The van der Waals surface area contributed by atoms with Crippen LogP contribution in [0.3, 0.4) is 0 Å². The molecule has 1 aromatic rings. The van der Waals surface area contributed by atoms with Gasteiger partial charge in [0, 0.05) is 0 Å². The lowest BCUT2D eigenvalue weighted by atomic mass is 9.98. The molecule has 1 aromatic carbocycles. The zero-order valence-electron chi connectivity index (χ0n) is 12.7. The molecular weight excluding hydrogens is 337 g/mol. The van der Waals surface area contributed by atoms with Gasteiger partial charge in [0.15, 0.2) is 0 Å². The van der Waals surface area contributed by atoms with Crippen LogP contribution in [0.15, 0.2) is 29.2 Å². The van der Waals surface area contributed by atoms with E-state index < -0.39 is 23.7 Å². The van der Waals surface area contributed by atoms with E-state index in [9.17, 15) is 19.1 Å². The fourth-order valence-corrected chi connectivity index (χ4v) is 3.63. The minimum Gasteiger partial charge on any atom is -0.480 e. The van der Waals surface area contributed by atoms with E-state index in [0.717, 1.165) is 16.7 Å². The summed E-state index contributed by atoms with van der Waals surface area (Å²) in [6, 6.07) is 4.83. The molecule has 0 radical (unpaired) electrons. The molecule has 0 unspecified atom stereocenters. The van der Waals surface area contributed by atoms with Crippen LogP contribution in [0.2, 0.25) is 0 Å². The van der Waals surface area contributed by atoms with Crippen LogP contribution >= 0.6 is 24.0 Å². The van der Waals surface area contributed by atoms with E-state index >= 15 is 0 Å². The number of aliphatic carboxylic acids is 1. The lowest BCUT2D eigenvalue weighted by molar-refractivity contribution is -0.147. The molecule has 7 heteroatoms. The molecule has 0 saturated carbocycles. The van der Waals surface area contributed by atoms with E-state index in [1.165, 1.54) is 18.2 Å². The highest BCUT2D eigenvalue weighted by atomic mass is 32.2. The number of benzene rings is 1. The van der Waals surface area contributed by atoms with Gasteiger partial charge in [0.2, 0.25) is 0 Å². The summed E-state index contributed by atoms with van der Waals surface area (Å²) in [5, 5.41) is 9.45. The quantitative estimate of drug-likeness (QED) is 0.648. The number of hydrogen-bond acceptors (Lipinski definition) is 4. The van der Waals surface area contributed by atoms with E-state index in [-0.39, 0.29) is 10.2 Å². The molecule has 0 aromatic heterocycles. The lowest BCUT2D eigenvalue weighted by Crippen LogP contribution is -2.47. The fourth-order valence-electron chi connectivity index (χ4n) is 2.30. The maximum absolute atomic E-state index is 13.2. The Kier molecular flexibility index (Phi) is 5.54. The van der Waals surface area contributed by atoms with Crippen molar-refractivity contribution in [3.63, 3.8) is 0 Å². The van der Waals surface area contributed by atoms with Crippen LogP contribution in [0.25, 0.3) is 6.08 Å². The number of thioether (sulfide) groups is 1. The second kappa shape index (κ2) is 7.23. The normalized spacial score (nSPS) is 19.3. The number of carboxylic acid groups (broad SMARTS) is 1. The van der Waals surface area contributed by atoms with Crippen LogP contribution in [0.1, 0.15) is 25.8 Å². The van der Waals surface area contributed by atoms with Gasteiger partial charge in [-0.3, -0.25) is 9.69 Å². The van der Waals surface area contributed by atoms with Crippen molar-refractivity contribution in [3.05, 3.63) is 40.6 Å². The summed E-state index contributed by atoms with van der Waals surface area (Å²) in [6.07, 6.45) is 2.13. The van der Waals surface area contributed by atoms with Gasteiger partial charge >= 0.3 is 5.97 Å². The average molecular weight is 353 g/mol. The van der Waals surface area contributed by atoms with E-state index in [0.29, 0.717) is 16.9 Å². The Hall–Kier alpha value is -1.73. The van der Waals surface area contributed by atoms with Crippen LogP contribution in [0.5, 0.6) is 0 Å². The largest absolute Gasteiger partial charge is 0.480 e. The molecule has 1 N–H and O–H groups in total. The van der Waals surface area contributed by atoms with E-state index in [1.54, 1.807) is 19.1 Å². The maximum atomic E-state index is 13.2. The van der Waals surface area contributed by atoms with Crippen LogP contribution in [0, 0.1) is 11.7 Å². The number of amides is 1. The third kappa shape index (κ3) is 3.79. The summed E-state index contributed by atoms with van der Waals surface area (Å²) in [5.74, 6) is -2.17. The molecule has 1 heterocycles. The van der Waals surface area contributed by atoms with Crippen molar-refractivity contribution in [1.82, 2.24) is 4.90 Å². The third-order valence-corrected chi connectivity index (χ3v) is 5.01. The second-order valence-electron chi connectivity index (χ2n) is 5.28. The highest BCUT2D eigenvalue weighted by Gasteiger charge is 2.42. The molecular formula is C16H16FNO3S2. The Morgan fingerprint density at radius 1 is 1.52 bits per heavy atom. The second-order valence-corrected chi connectivity index (χ2v) is 6.95. The number of carbonyl (C=O) groups excluding carboxylic acids is 1. The van der Waals surface area contributed by atoms with Gasteiger partial charge in [0.25, 0.3) is 5.91 Å². The van der Waals surface area contributed by atoms with Crippen LogP contribution in [-0.4, -0.2) is 32.2 Å². The van der Waals surface area contributed by atoms with Crippen molar-refractivity contribution in [3.8, 4) is 0 Å². The molecule has 4 nitrogen and oxygen atoms in total. The number of halogens is 1. The first-order valence-corrected chi connectivity index (χ1v) is 8.33. The van der Waals surface area contributed by atoms with Crippen molar-refractivity contribution < 1.29 is 19.1 Å². The van der Waals surface area contributed by atoms with Crippen LogP contribution in [-0.2, 0) is 9.59 Å². The first-order chi connectivity index (χ1) is 10.8. The predicted molar refractivity (Wildman–Crippen MR) is 92.3 cm³/mol. The van der Waals surface area contributed by atoms with Gasteiger partial charge in [-0.1, -0.05) is 56.4 Å². The van der Waals surface area contributed by atoms with Gasteiger partial charge in [-0.2, -0.15) is 0 Å². The molecule has 0 spiro atoms. The van der Waals surface area contributed by atoms with Crippen molar-refractivity contribution in [1.29, 1.82) is 0 Å². The molecule has 122 valence electrons. The smallest absolute Gasteiger partial charge is 0.327 e. The summed E-state index contributed by atoms with van der Waals surface area (Å²) >= 11 is 6.23. The molecule has 1 fully saturated rings. The third-order valence-electron chi connectivity index (χ3n) is 3.68. The predicted octanol–water partition coefficient (Wildman–Crippen LogP) is 3.53. The fraction of sp³-hybridized carbons (Fsp3) is 0.312. The van der Waals surface area contributed by atoms with Gasteiger partial charge in [-0.05, 0) is 29.7 Å². The number of carbonyl (C=O) groups is 2. The number of carboxylic acids is 1. The molecule has 1 saturated heterocycles. The van der Waals surface area contributed by atoms with Gasteiger partial charge < -0.3 is 5.11 Å². The minimum absolute atomic E-state index is 0.213. The Bertz CT molecular complexity index is 690. The van der Waals surface area contributed by atoms with Gasteiger partial charge in [-0.15, -0.1) is 0 Å². The molecule has 2 atom stereocenters. The molecule has 23 heavy (non-hydrogen) atoms. The Morgan fingerprint density at radius 3 is 2.78 bits per heavy atom. The summed E-state index contributed by atoms with van der Waals surface area (Å²) in [5.41, 5.74) is 0.529. The summed E-state index contributed by atoms with van der Waals surface area (Å²) < 4.78 is 13.5. The molecule has 0 aliphatic carbocycles. The average Bonchev–Trinajstić information content (AvgIpc) is 2.75. The highest BCUT2D eigenvalue weighted by molar-refractivity contribution is 8.26. The van der Waals surface area contributed by atoms with Crippen molar-refractivity contribution in [2.24, 2.45) is 5.92 Å². The number of nitrogens with zero attached hydrogens (tertiary/aromatic N) is 1. The SMILES string of the molecule is CC[C@H](C)[C@@H](C(=O)O)N1C(=O)/C(=C/c2cccc(F)c2)SC1=S. The van der Waals surface area contributed by atoms with Crippen molar-refractivity contribution in [2.75, 3.05) is 0 Å². The Labute approximate surface area is 143 Å². The highest BCUT2D eigenvalue weighted by Crippen LogP contribution is 2.36. The van der Waals surface area contributed by atoms with Crippen LogP contribution in [0.4, 0.5) is 4.39 Å². The van der Waals surface area contributed by atoms with E-state index in [1.807, 2.05) is 6.92 Å². The number of thiocarbonyl (C=S) groups is 1. The van der Waals surface area contributed by atoms with Gasteiger partial charge in [0.05, 0.1) is 4.91 Å².